The van der Waals surface area contributed by atoms with Gasteiger partial charge in [-0.25, -0.2) is 17.6 Å². The van der Waals surface area contributed by atoms with Gasteiger partial charge >= 0.3 is 0 Å². The van der Waals surface area contributed by atoms with Gasteiger partial charge in [-0.05, 0) is 53.6 Å². The molecule has 0 spiro atoms. The zero-order valence-corrected chi connectivity index (χ0v) is 19.3. The third-order valence-corrected chi connectivity index (χ3v) is 6.25. The van der Waals surface area contributed by atoms with Gasteiger partial charge < -0.3 is 5.32 Å². The van der Waals surface area contributed by atoms with Crippen LogP contribution in [-0.4, -0.2) is 17.6 Å². The van der Waals surface area contributed by atoms with E-state index in [4.69, 9.17) is 34.8 Å². The maximum atomic E-state index is 14.5. The molecule has 3 aromatic carbocycles. The highest BCUT2D eigenvalue weighted by molar-refractivity contribution is 6.35. The first-order valence-corrected chi connectivity index (χ1v) is 11.0. The van der Waals surface area contributed by atoms with Crippen molar-refractivity contribution >= 4 is 52.2 Å². The Morgan fingerprint density at radius 1 is 0.912 bits per heavy atom. The number of halogens is 7. The Morgan fingerprint density at radius 3 is 2.24 bits per heavy atom. The van der Waals surface area contributed by atoms with Crippen molar-refractivity contribution in [3.8, 4) is 0 Å². The average molecular weight is 531 g/mol. The SMILES string of the molecule is O=C(Cc1ccc(F)cc1F)c1cc(NC(=O)C2C(c3cc(Cl)cc(Cl)c3)C2(F)F)ccc1Cl. The fourth-order valence-electron chi connectivity index (χ4n) is 3.79. The Morgan fingerprint density at radius 2 is 1.59 bits per heavy atom. The van der Waals surface area contributed by atoms with E-state index in [1.165, 1.54) is 36.4 Å². The lowest BCUT2D eigenvalue weighted by Gasteiger charge is -2.09. The van der Waals surface area contributed by atoms with E-state index in [1.807, 2.05) is 0 Å². The van der Waals surface area contributed by atoms with Crippen molar-refractivity contribution in [3.05, 3.63) is 98.0 Å². The molecule has 3 nitrogen and oxygen atoms in total. The summed E-state index contributed by atoms with van der Waals surface area (Å²) in [5, 5.41) is 2.73. The maximum Gasteiger partial charge on any atom is 0.268 e. The minimum absolute atomic E-state index is 0.0220. The average Bonchev–Trinajstić information content (AvgIpc) is 3.33. The second kappa shape index (κ2) is 9.21. The van der Waals surface area contributed by atoms with Crippen LogP contribution in [0.3, 0.4) is 0 Å². The molecule has 1 aliphatic carbocycles. The van der Waals surface area contributed by atoms with Gasteiger partial charge in [0.2, 0.25) is 5.91 Å². The summed E-state index contributed by atoms with van der Waals surface area (Å²) in [7, 11) is 0. The molecule has 1 amide bonds. The number of amides is 1. The normalized spacial score (nSPS) is 18.4. The molecule has 3 aromatic rings. The van der Waals surface area contributed by atoms with Gasteiger partial charge in [0.15, 0.2) is 5.78 Å². The van der Waals surface area contributed by atoms with Crippen LogP contribution in [0, 0.1) is 17.6 Å². The standard InChI is InChI=1S/C24H14Cl3F4NO2/c25-13-5-12(6-14(26)8-13)21-22(24(21,30)31)23(34)32-16-3-4-18(27)17(10-16)20(33)7-11-1-2-15(28)9-19(11)29/h1-6,8-10,21-22H,7H2,(H,32,34). The van der Waals surface area contributed by atoms with Crippen LogP contribution >= 0.6 is 34.8 Å². The zero-order chi connectivity index (χ0) is 24.8. The molecule has 10 heteroatoms. The number of alkyl halides is 2. The first kappa shape index (κ1) is 24.5. The van der Waals surface area contributed by atoms with E-state index in [2.05, 4.69) is 5.32 Å². The molecule has 1 fully saturated rings. The lowest BCUT2D eigenvalue weighted by molar-refractivity contribution is -0.119. The summed E-state index contributed by atoms with van der Waals surface area (Å²) in [6.07, 6.45) is -0.415. The van der Waals surface area contributed by atoms with Crippen LogP contribution in [0.25, 0.3) is 0 Å². The predicted molar refractivity (Wildman–Crippen MR) is 122 cm³/mol. The number of anilines is 1. The van der Waals surface area contributed by atoms with Gasteiger partial charge in [0.25, 0.3) is 5.92 Å². The quantitative estimate of drug-likeness (QED) is 0.268. The van der Waals surface area contributed by atoms with E-state index in [9.17, 15) is 27.2 Å². The number of nitrogens with one attached hydrogen (secondary N) is 1. The maximum absolute atomic E-state index is 14.5. The van der Waals surface area contributed by atoms with Gasteiger partial charge in [0, 0.05) is 33.8 Å². The lowest BCUT2D eigenvalue weighted by atomic mass is 10.0. The number of carbonyl (C=O) groups is 2. The van der Waals surface area contributed by atoms with Crippen molar-refractivity contribution in [2.45, 2.75) is 18.3 Å². The molecule has 1 saturated carbocycles. The van der Waals surface area contributed by atoms with E-state index in [1.54, 1.807) is 0 Å². The molecule has 0 bridgehead atoms. The van der Waals surface area contributed by atoms with Crippen molar-refractivity contribution < 1.29 is 27.2 Å². The number of hydrogen-bond donors (Lipinski definition) is 1. The van der Waals surface area contributed by atoms with Crippen molar-refractivity contribution in [1.29, 1.82) is 0 Å². The Kier molecular flexibility index (Phi) is 6.64. The van der Waals surface area contributed by atoms with E-state index in [0.29, 0.717) is 6.07 Å². The zero-order valence-electron chi connectivity index (χ0n) is 17.0. The lowest BCUT2D eigenvalue weighted by Crippen LogP contribution is -2.18. The number of hydrogen-bond acceptors (Lipinski definition) is 2. The van der Waals surface area contributed by atoms with Crippen LogP contribution in [0.1, 0.15) is 27.4 Å². The van der Waals surface area contributed by atoms with Crippen LogP contribution in [-0.2, 0) is 11.2 Å². The largest absolute Gasteiger partial charge is 0.326 e. The van der Waals surface area contributed by atoms with Crippen molar-refractivity contribution in [2.75, 3.05) is 5.32 Å². The molecular weight excluding hydrogens is 517 g/mol. The second-order valence-electron chi connectivity index (χ2n) is 7.85. The van der Waals surface area contributed by atoms with Crippen LogP contribution in [0.2, 0.25) is 15.1 Å². The van der Waals surface area contributed by atoms with E-state index in [-0.39, 0.29) is 37.4 Å². The molecule has 34 heavy (non-hydrogen) atoms. The van der Waals surface area contributed by atoms with Crippen LogP contribution in [0.5, 0.6) is 0 Å². The van der Waals surface area contributed by atoms with Gasteiger partial charge in [0.1, 0.15) is 17.6 Å². The molecule has 2 atom stereocenters. The smallest absolute Gasteiger partial charge is 0.268 e. The third kappa shape index (κ3) is 4.92. The molecule has 176 valence electrons. The molecule has 0 saturated heterocycles. The minimum atomic E-state index is -3.32. The van der Waals surface area contributed by atoms with Crippen molar-refractivity contribution in [1.82, 2.24) is 0 Å². The van der Waals surface area contributed by atoms with E-state index < -0.39 is 47.5 Å². The number of rotatable bonds is 6. The van der Waals surface area contributed by atoms with Gasteiger partial charge in [-0.15, -0.1) is 0 Å². The highest BCUT2D eigenvalue weighted by atomic mass is 35.5. The highest BCUT2D eigenvalue weighted by Gasteiger charge is 2.72. The number of ketones is 1. The molecule has 0 aromatic heterocycles. The molecule has 0 aliphatic heterocycles. The Balaban J connectivity index is 1.52. The number of carbonyl (C=O) groups excluding carboxylic acids is 2. The molecule has 0 radical (unpaired) electrons. The fraction of sp³-hybridized carbons (Fsp3) is 0.167. The minimum Gasteiger partial charge on any atom is -0.326 e. The van der Waals surface area contributed by atoms with Crippen LogP contribution in [0.4, 0.5) is 23.2 Å². The summed E-state index contributed by atoms with van der Waals surface area (Å²) in [6.45, 7) is 0. The second-order valence-corrected chi connectivity index (χ2v) is 9.13. The summed E-state index contributed by atoms with van der Waals surface area (Å²) in [4.78, 5) is 25.3. The first-order chi connectivity index (χ1) is 16.0. The Labute approximate surface area is 206 Å². The highest BCUT2D eigenvalue weighted by Crippen LogP contribution is 2.62. The molecule has 4 rings (SSSR count). The summed E-state index contributed by atoms with van der Waals surface area (Å²) in [5.74, 6) is -9.62. The Hall–Kier alpha value is -2.61. The number of benzene rings is 3. The first-order valence-electron chi connectivity index (χ1n) is 9.88. The summed E-state index contributed by atoms with van der Waals surface area (Å²) in [5.41, 5.74) is 0.0975. The molecule has 2 unspecified atom stereocenters. The monoisotopic (exact) mass is 529 g/mol. The van der Waals surface area contributed by atoms with Crippen LogP contribution < -0.4 is 5.32 Å². The molecule has 1 N–H and O–H groups in total. The van der Waals surface area contributed by atoms with Gasteiger partial charge in [-0.3, -0.25) is 9.59 Å². The molecule has 0 heterocycles. The van der Waals surface area contributed by atoms with Crippen molar-refractivity contribution in [2.24, 2.45) is 5.92 Å². The predicted octanol–water partition coefficient (Wildman–Crippen LogP) is 7.34. The van der Waals surface area contributed by atoms with E-state index >= 15 is 0 Å². The molecular formula is C24H14Cl3F4NO2. The topological polar surface area (TPSA) is 46.2 Å². The van der Waals surface area contributed by atoms with Gasteiger partial charge in [-0.1, -0.05) is 40.9 Å². The Bertz CT molecular complexity index is 1300. The summed E-state index contributed by atoms with van der Waals surface area (Å²) in [6, 6.07) is 10.7. The summed E-state index contributed by atoms with van der Waals surface area (Å²) >= 11 is 17.9. The summed E-state index contributed by atoms with van der Waals surface area (Å²) < 4.78 is 55.9. The molecule has 1 aliphatic rings. The number of Topliss-reactive ketones (excluding diaryl/α,β-unsaturated/α-hetero) is 1. The fourth-order valence-corrected chi connectivity index (χ4v) is 4.56. The van der Waals surface area contributed by atoms with Gasteiger partial charge in [0.05, 0.1) is 10.9 Å². The van der Waals surface area contributed by atoms with Gasteiger partial charge in [-0.2, -0.15) is 0 Å². The third-order valence-electron chi connectivity index (χ3n) is 5.48. The van der Waals surface area contributed by atoms with Crippen molar-refractivity contribution in [3.63, 3.8) is 0 Å². The van der Waals surface area contributed by atoms with Crippen LogP contribution in [0.15, 0.2) is 54.6 Å². The van der Waals surface area contributed by atoms with E-state index in [0.717, 1.165) is 12.1 Å².